The molecule has 1 atom stereocenters. The number of nitrogens with one attached hydrogen (secondary N) is 1. The lowest BCUT2D eigenvalue weighted by Gasteiger charge is -2.28. The number of nitrogens with zero attached hydrogens (tertiary/aromatic N) is 2. The lowest BCUT2D eigenvalue weighted by atomic mass is 9.91. The van der Waals surface area contributed by atoms with Crippen molar-refractivity contribution in [2.24, 2.45) is 4.99 Å². The SMILES string of the molecule is c1ccc(C2=Nc3ccccc3C(c3cccc4oc5cc(-n6c7ccccc7c7cc(-c8ccc9oc%10ccccc%10c9c8)ccc76)ccc5c34)N2)cc1. The monoisotopic (exact) mass is 705 g/mol. The number of aromatic nitrogens is 1. The van der Waals surface area contributed by atoms with Gasteiger partial charge in [0.05, 0.1) is 22.8 Å². The molecule has 0 amide bonds. The molecule has 1 aliphatic heterocycles. The summed E-state index contributed by atoms with van der Waals surface area (Å²) >= 11 is 0. The summed E-state index contributed by atoms with van der Waals surface area (Å²) < 4.78 is 15.2. The number of para-hydroxylation sites is 3. The molecule has 258 valence electrons. The summed E-state index contributed by atoms with van der Waals surface area (Å²) in [6, 6.07) is 61.9. The third kappa shape index (κ3) is 4.57. The summed E-state index contributed by atoms with van der Waals surface area (Å²) in [6.07, 6.45) is 0. The average Bonchev–Trinajstić information content (AvgIpc) is 3.92. The predicted octanol–water partition coefficient (Wildman–Crippen LogP) is 13.0. The van der Waals surface area contributed by atoms with Crippen LogP contribution in [-0.2, 0) is 0 Å². The molecule has 0 spiro atoms. The minimum atomic E-state index is -0.104. The van der Waals surface area contributed by atoms with Gasteiger partial charge in [-0.2, -0.15) is 0 Å². The first-order chi connectivity index (χ1) is 27.2. The minimum Gasteiger partial charge on any atom is -0.456 e. The van der Waals surface area contributed by atoms with Gasteiger partial charge >= 0.3 is 0 Å². The number of fused-ring (bicyclic) bond motifs is 10. The Hall–Kier alpha value is -7.37. The van der Waals surface area contributed by atoms with Crippen LogP contribution >= 0.6 is 0 Å². The van der Waals surface area contributed by atoms with Gasteiger partial charge < -0.3 is 18.7 Å². The van der Waals surface area contributed by atoms with E-state index in [2.05, 4.69) is 168 Å². The van der Waals surface area contributed by atoms with Gasteiger partial charge in [-0.05, 0) is 77.4 Å². The van der Waals surface area contributed by atoms with E-state index in [0.29, 0.717) is 0 Å². The molecule has 0 fully saturated rings. The van der Waals surface area contributed by atoms with Crippen LogP contribution in [0.5, 0.6) is 0 Å². The maximum absolute atomic E-state index is 6.70. The molecule has 12 rings (SSSR count). The molecule has 0 radical (unpaired) electrons. The van der Waals surface area contributed by atoms with Gasteiger partial charge in [-0.1, -0.05) is 109 Å². The van der Waals surface area contributed by atoms with E-state index >= 15 is 0 Å². The first-order valence-corrected chi connectivity index (χ1v) is 18.7. The second-order valence-electron chi connectivity index (χ2n) is 14.4. The van der Waals surface area contributed by atoms with Crippen molar-refractivity contribution in [1.29, 1.82) is 0 Å². The van der Waals surface area contributed by atoms with Gasteiger partial charge in [0, 0.05) is 55.2 Å². The molecule has 8 aromatic carbocycles. The largest absolute Gasteiger partial charge is 0.456 e. The van der Waals surface area contributed by atoms with Crippen LogP contribution in [0.2, 0.25) is 0 Å². The molecule has 0 aliphatic carbocycles. The fourth-order valence-electron chi connectivity index (χ4n) is 8.75. The molecular formula is C50H31N3O2. The number of rotatable bonds is 4. The van der Waals surface area contributed by atoms with Gasteiger partial charge in [-0.15, -0.1) is 0 Å². The molecule has 55 heavy (non-hydrogen) atoms. The first-order valence-electron chi connectivity index (χ1n) is 18.7. The zero-order valence-electron chi connectivity index (χ0n) is 29.5. The maximum atomic E-state index is 6.70. The third-order valence-corrected chi connectivity index (χ3v) is 11.3. The van der Waals surface area contributed by atoms with Crippen molar-refractivity contribution in [2.45, 2.75) is 6.04 Å². The minimum absolute atomic E-state index is 0.104. The third-order valence-electron chi connectivity index (χ3n) is 11.3. The number of hydrogen-bond acceptors (Lipinski definition) is 4. The van der Waals surface area contributed by atoms with Crippen molar-refractivity contribution in [3.63, 3.8) is 0 Å². The molecule has 0 saturated heterocycles. The highest BCUT2D eigenvalue weighted by Crippen LogP contribution is 2.42. The molecule has 1 aliphatic rings. The Morgan fingerprint density at radius 3 is 2.05 bits per heavy atom. The van der Waals surface area contributed by atoms with E-state index in [4.69, 9.17) is 13.8 Å². The Morgan fingerprint density at radius 1 is 0.436 bits per heavy atom. The summed E-state index contributed by atoms with van der Waals surface area (Å²) in [6.45, 7) is 0. The quantitative estimate of drug-likeness (QED) is 0.198. The standard InChI is InChI=1S/C50H31N3O2/c1-2-11-30(12-3-1)50-51-41-17-7-4-15-36(41)49(52-50)38-16-10-20-46-48(38)37-24-23-33(29-47(37)55-46)53-42-18-8-5-13-34(42)39-27-31(21-25-43(39)53)32-22-26-45-40(28-32)35-14-6-9-19-44(35)54-45/h1-29,49H,(H,51,52). The van der Waals surface area contributed by atoms with Gasteiger partial charge in [-0.25, -0.2) is 4.99 Å². The van der Waals surface area contributed by atoms with Gasteiger partial charge in [0.25, 0.3) is 0 Å². The molecule has 5 nitrogen and oxygen atoms in total. The summed E-state index contributed by atoms with van der Waals surface area (Å²) in [5.74, 6) is 0.862. The Balaban J connectivity index is 0.992. The maximum Gasteiger partial charge on any atom is 0.137 e. The molecule has 1 unspecified atom stereocenters. The fourth-order valence-corrected chi connectivity index (χ4v) is 8.75. The van der Waals surface area contributed by atoms with Crippen LogP contribution in [-0.4, -0.2) is 10.4 Å². The van der Waals surface area contributed by atoms with Crippen LogP contribution in [0.25, 0.3) is 82.5 Å². The highest BCUT2D eigenvalue weighted by atomic mass is 16.3. The van der Waals surface area contributed by atoms with Crippen LogP contribution in [0.4, 0.5) is 5.69 Å². The molecular weight excluding hydrogens is 675 g/mol. The average molecular weight is 706 g/mol. The van der Waals surface area contributed by atoms with E-state index in [-0.39, 0.29) is 6.04 Å². The smallest absolute Gasteiger partial charge is 0.137 e. The lowest BCUT2D eigenvalue weighted by molar-refractivity contribution is 0.667. The van der Waals surface area contributed by atoms with Crippen LogP contribution in [0.1, 0.15) is 22.7 Å². The highest BCUT2D eigenvalue weighted by Gasteiger charge is 2.27. The second-order valence-corrected chi connectivity index (χ2v) is 14.4. The lowest BCUT2D eigenvalue weighted by Crippen LogP contribution is -2.32. The number of aliphatic imine (C=N–C) groups is 1. The fraction of sp³-hybridized carbons (Fsp3) is 0.0200. The second kappa shape index (κ2) is 11.6. The van der Waals surface area contributed by atoms with Crippen molar-refractivity contribution >= 4 is 77.2 Å². The molecule has 0 saturated carbocycles. The van der Waals surface area contributed by atoms with Crippen LogP contribution in [0.3, 0.4) is 0 Å². The van der Waals surface area contributed by atoms with Crippen LogP contribution in [0, 0.1) is 0 Å². The summed E-state index contributed by atoms with van der Waals surface area (Å²) in [5, 5.41) is 10.7. The van der Waals surface area contributed by atoms with Crippen molar-refractivity contribution < 1.29 is 8.83 Å². The van der Waals surface area contributed by atoms with Crippen molar-refractivity contribution in [3.05, 3.63) is 193 Å². The van der Waals surface area contributed by atoms with Crippen molar-refractivity contribution in [2.75, 3.05) is 0 Å². The molecule has 4 heterocycles. The number of benzene rings is 8. The van der Waals surface area contributed by atoms with Gasteiger partial charge in [-0.3, -0.25) is 0 Å². The number of furan rings is 2. The van der Waals surface area contributed by atoms with E-state index < -0.39 is 0 Å². The predicted molar refractivity (Wildman–Crippen MR) is 225 cm³/mol. The van der Waals surface area contributed by atoms with E-state index in [0.717, 1.165) is 94.4 Å². The van der Waals surface area contributed by atoms with Crippen LogP contribution in [0.15, 0.2) is 190 Å². The van der Waals surface area contributed by atoms with Gasteiger partial charge in [0.2, 0.25) is 0 Å². The zero-order valence-corrected chi connectivity index (χ0v) is 29.5. The highest BCUT2D eigenvalue weighted by molar-refractivity contribution is 6.13. The summed E-state index contributed by atoms with van der Waals surface area (Å²) in [4.78, 5) is 5.03. The van der Waals surface area contributed by atoms with E-state index in [1.165, 1.54) is 16.3 Å². The van der Waals surface area contributed by atoms with Gasteiger partial charge in [0.15, 0.2) is 0 Å². The molecule has 5 heteroatoms. The van der Waals surface area contributed by atoms with E-state index in [9.17, 15) is 0 Å². The van der Waals surface area contributed by atoms with Crippen LogP contribution < -0.4 is 5.32 Å². The normalized spacial score (nSPS) is 14.3. The van der Waals surface area contributed by atoms with E-state index in [1.807, 2.05) is 18.2 Å². The molecule has 11 aromatic rings. The van der Waals surface area contributed by atoms with Crippen molar-refractivity contribution in [1.82, 2.24) is 9.88 Å². The molecule has 3 aromatic heterocycles. The number of hydrogen-bond donors (Lipinski definition) is 1. The summed E-state index contributed by atoms with van der Waals surface area (Å²) in [7, 11) is 0. The number of amidine groups is 1. The van der Waals surface area contributed by atoms with E-state index in [1.54, 1.807) is 0 Å². The van der Waals surface area contributed by atoms with Crippen molar-refractivity contribution in [3.8, 4) is 16.8 Å². The summed E-state index contributed by atoms with van der Waals surface area (Å²) in [5.41, 5.74) is 13.5. The molecule has 1 N–H and O–H groups in total. The Morgan fingerprint density at radius 2 is 1.13 bits per heavy atom. The van der Waals surface area contributed by atoms with Gasteiger partial charge in [0.1, 0.15) is 28.2 Å². The Labute approximate surface area is 315 Å². The molecule has 0 bridgehead atoms. The topological polar surface area (TPSA) is 55.6 Å². The first kappa shape index (κ1) is 30.1. The Kier molecular flexibility index (Phi) is 6.33. The zero-order chi connectivity index (χ0) is 36.0. The Bertz CT molecular complexity index is 3360.